The van der Waals surface area contributed by atoms with E-state index in [0.717, 1.165) is 11.8 Å². The zero-order valence-corrected chi connectivity index (χ0v) is 10.5. The largest absolute Gasteiger partial charge is 0.453 e. The summed E-state index contributed by atoms with van der Waals surface area (Å²) in [6.45, 7) is 3.55. The molecule has 1 amide bonds. The Morgan fingerprint density at radius 2 is 2.11 bits per heavy atom. The zero-order chi connectivity index (χ0) is 13.9. The highest BCUT2D eigenvalue weighted by Gasteiger charge is 2.38. The van der Waals surface area contributed by atoms with Crippen molar-refractivity contribution >= 4 is 17.7 Å². The Bertz CT molecular complexity index is 431. The van der Waals surface area contributed by atoms with Crippen molar-refractivity contribution in [3.05, 3.63) is 5.82 Å². The fourth-order valence-corrected chi connectivity index (χ4v) is 1.73. The number of halogens is 3. The summed E-state index contributed by atoms with van der Waals surface area (Å²) in [4.78, 5) is 11.3. The molecule has 0 saturated carbocycles. The van der Waals surface area contributed by atoms with Crippen molar-refractivity contribution in [2.24, 2.45) is 0 Å². The molecule has 0 fully saturated rings. The summed E-state index contributed by atoms with van der Waals surface area (Å²) < 4.78 is 37.3. The van der Waals surface area contributed by atoms with Gasteiger partial charge >= 0.3 is 6.18 Å². The maximum Gasteiger partial charge on any atom is 0.453 e. The van der Waals surface area contributed by atoms with E-state index < -0.39 is 12.0 Å². The topological polar surface area (TPSA) is 85.8 Å². The lowest BCUT2D eigenvalue weighted by Gasteiger charge is -2.08. The highest BCUT2D eigenvalue weighted by molar-refractivity contribution is 7.99. The van der Waals surface area contributed by atoms with E-state index in [2.05, 4.69) is 15.5 Å². The van der Waals surface area contributed by atoms with Gasteiger partial charge in [-0.1, -0.05) is 11.8 Å². The van der Waals surface area contributed by atoms with Crippen molar-refractivity contribution in [3.8, 4) is 0 Å². The van der Waals surface area contributed by atoms with Crippen LogP contribution < -0.4 is 11.2 Å². The average molecular weight is 283 g/mol. The van der Waals surface area contributed by atoms with Crippen molar-refractivity contribution in [1.82, 2.24) is 20.2 Å². The summed E-state index contributed by atoms with van der Waals surface area (Å²) in [5.41, 5.74) is 0. The van der Waals surface area contributed by atoms with Gasteiger partial charge in [0.1, 0.15) is 0 Å². The van der Waals surface area contributed by atoms with Gasteiger partial charge in [-0.25, -0.2) is 4.68 Å². The fraction of sp³-hybridized carbons (Fsp3) is 0.625. The normalized spacial score (nSPS) is 11.9. The molecule has 0 unspecified atom stereocenters. The van der Waals surface area contributed by atoms with E-state index >= 15 is 0 Å². The van der Waals surface area contributed by atoms with Gasteiger partial charge in [0.05, 0.1) is 5.75 Å². The van der Waals surface area contributed by atoms with Crippen LogP contribution in [0.25, 0.3) is 0 Å². The molecule has 0 radical (unpaired) electrons. The number of aromatic nitrogens is 3. The first-order chi connectivity index (χ1) is 8.21. The molecule has 1 aromatic heterocycles. The summed E-state index contributed by atoms with van der Waals surface area (Å²) in [5, 5.41) is 8.64. The number of carbonyl (C=O) groups excluding carboxylic acids is 1. The molecule has 0 aliphatic carbocycles. The van der Waals surface area contributed by atoms with Crippen LogP contribution in [0.3, 0.4) is 0 Å². The molecule has 6 nitrogen and oxygen atoms in total. The van der Waals surface area contributed by atoms with Crippen LogP contribution in [-0.2, 0) is 11.0 Å². The van der Waals surface area contributed by atoms with Crippen molar-refractivity contribution in [3.63, 3.8) is 0 Å². The van der Waals surface area contributed by atoms with E-state index in [0.29, 0.717) is 4.68 Å². The maximum absolute atomic E-state index is 12.3. The molecular formula is C8H12F3N5OS. The lowest BCUT2D eigenvalue weighted by molar-refractivity contribution is -0.146. The Kier molecular flexibility index (Phi) is 4.43. The predicted molar refractivity (Wildman–Crippen MR) is 59.2 cm³/mol. The van der Waals surface area contributed by atoms with Crippen LogP contribution in [0.15, 0.2) is 5.16 Å². The van der Waals surface area contributed by atoms with Gasteiger partial charge in [0.15, 0.2) is 0 Å². The van der Waals surface area contributed by atoms with Crippen LogP contribution in [0.5, 0.6) is 0 Å². The molecule has 0 aliphatic heterocycles. The number of alkyl halides is 3. The number of thioether (sulfide) groups is 1. The van der Waals surface area contributed by atoms with Gasteiger partial charge in [0, 0.05) is 6.04 Å². The Morgan fingerprint density at radius 1 is 1.50 bits per heavy atom. The Balaban J connectivity index is 2.65. The predicted octanol–water partition coefficient (Wildman–Crippen LogP) is 0.627. The molecule has 0 aliphatic rings. The molecule has 0 aromatic carbocycles. The first kappa shape index (κ1) is 14.6. The smallest absolute Gasteiger partial charge is 0.353 e. The molecule has 1 rings (SSSR count). The second-order valence-electron chi connectivity index (χ2n) is 3.68. The third-order valence-corrected chi connectivity index (χ3v) is 2.64. The summed E-state index contributed by atoms with van der Waals surface area (Å²) in [7, 11) is 0. The second-order valence-corrected chi connectivity index (χ2v) is 4.63. The monoisotopic (exact) mass is 283 g/mol. The van der Waals surface area contributed by atoms with E-state index in [4.69, 9.17) is 5.84 Å². The minimum absolute atomic E-state index is 0.0421. The zero-order valence-electron chi connectivity index (χ0n) is 9.65. The van der Waals surface area contributed by atoms with Crippen LogP contribution in [0.4, 0.5) is 13.2 Å². The lowest BCUT2D eigenvalue weighted by Crippen LogP contribution is -2.31. The van der Waals surface area contributed by atoms with Crippen LogP contribution in [0, 0.1) is 0 Å². The lowest BCUT2D eigenvalue weighted by atomic mass is 10.4. The highest BCUT2D eigenvalue weighted by Crippen LogP contribution is 2.28. The molecule has 1 heterocycles. The first-order valence-corrected chi connectivity index (χ1v) is 5.90. The van der Waals surface area contributed by atoms with Gasteiger partial charge in [-0.3, -0.25) is 4.79 Å². The maximum atomic E-state index is 12.3. The Labute approximate surface area is 105 Å². The molecule has 0 bridgehead atoms. The second kappa shape index (κ2) is 5.46. The van der Waals surface area contributed by atoms with Crippen LogP contribution >= 0.6 is 11.8 Å². The number of hydrogen-bond donors (Lipinski definition) is 2. The van der Waals surface area contributed by atoms with Gasteiger partial charge in [-0.15, -0.1) is 10.2 Å². The molecule has 102 valence electrons. The molecule has 0 atom stereocenters. The van der Waals surface area contributed by atoms with Crippen LogP contribution in [0.1, 0.15) is 19.7 Å². The SMILES string of the molecule is CC(C)NC(=O)CSc1nnc(C(F)(F)F)n1N. The van der Waals surface area contributed by atoms with Gasteiger partial charge < -0.3 is 11.2 Å². The number of carbonyl (C=O) groups is 1. The van der Waals surface area contributed by atoms with Crippen molar-refractivity contribution in [2.75, 3.05) is 11.6 Å². The average Bonchev–Trinajstić information content (AvgIpc) is 2.55. The van der Waals surface area contributed by atoms with Gasteiger partial charge in [-0.2, -0.15) is 13.2 Å². The highest BCUT2D eigenvalue weighted by atomic mass is 32.2. The van der Waals surface area contributed by atoms with E-state index in [1.165, 1.54) is 0 Å². The molecule has 0 saturated heterocycles. The first-order valence-electron chi connectivity index (χ1n) is 4.91. The van der Waals surface area contributed by atoms with Crippen molar-refractivity contribution in [1.29, 1.82) is 0 Å². The number of amides is 1. The standard InChI is InChI=1S/C8H12F3N5OS/c1-4(2)13-5(17)3-18-7-15-14-6(16(7)12)8(9,10)11/h4H,3,12H2,1-2H3,(H,13,17). The molecule has 0 spiro atoms. The van der Waals surface area contributed by atoms with Crippen molar-refractivity contribution < 1.29 is 18.0 Å². The number of nitrogens with two attached hydrogens (primary N) is 1. The third kappa shape index (κ3) is 3.79. The number of nitrogen functional groups attached to an aromatic ring is 1. The van der Waals surface area contributed by atoms with Gasteiger partial charge in [-0.05, 0) is 13.8 Å². The number of nitrogens with one attached hydrogen (secondary N) is 1. The van der Waals surface area contributed by atoms with E-state index in [1.807, 2.05) is 0 Å². The number of nitrogens with zero attached hydrogens (tertiary/aromatic N) is 3. The van der Waals surface area contributed by atoms with E-state index in [9.17, 15) is 18.0 Å². The minimum atomic E-state index is -4.67. The minimum Gasteiger partial charge on any atom is -0.353 e. The molecular weight excluding hydrogens is 271 g/mol. The Hall–Kier alpha value is -1.45. The van der Waals surface area contributed by atoms with Crippen molar-refractivity contribution in [2.45, 2.75) is 31.2 Å². The van der Waals surface area contributed by atoms with E-state index in [-0.39, 0.29) is 22.9 Å². The summed E-state index contributed by atoms with van der Waals surface area (Å²) in [6, 6.07) is -0.0421. The molecule has 18 heavy (non-hydrogen) atoms. The van der Waals surface area contributed by atoms with Crippen LogP contribution in [0.2, 0.25) is 0 Å². The molecule has 3 N–H and O–H groups in total. The van der Waals surface area contributed by atoms with Crippen LogP contribution in [-0.4, -0.2) is 32.6 Å². The fourth-order valence-electron chi connectivity index (χ4n) is 1.06. The summed E-state index contributed by atoms with van der Waals surface area (Å²) >= 11 is 0.786. The number of rotatable bonds is 4. The summed E-state index contributed by atoms with van der Waals surface area (Å²) in [6.07, 6.45) is -4.67. The summed E-state index contributed by atoms with van der Waals surface area (Å²) in [5.74, 6) is 3.51. The molecule has 10 heteroatoms. The Morgan fingerprint density at radius 3 is 2.56 bits per heavy atom. The molecule has 1 aromatic rings. The number of hydrogen-bond acceptors (Lipinski definition) is 5. The van der Waals surface area contributed by atoms with Gasteiger partial charge in [0.25, 0.3) is 5.82 Å². The quantitative estimate of drug-likeness (QED) is 0.625. The third-order valence-electron chi connectivity index (χ3n) is 1.70. The van der Waals surface area contributed by atoms with Gasteiger partial charge in [0.2, 0.25) is 11.1 Å². The van der Waals surface area contributed by atoms with E-state index in [1.54, 1.807) is 13.8 Å².